The number of furan rings is 1. The molecule has 0 aliphatic heterocycles. The van der Waals surface area contributed by atoms with Crippen LogP contribution >= 0.6 is 0 Å². The minimum atomic E-state index is 0.0861. The van der Waals surface area contributed by atoms with Gasteiger partial charge in [-0.05, 0) is 61.7 Å². The maximum absolute atomic E-state index is 12.5. The van der Waals surface area contributed by atoms with Crippen LogP contribution in [0.1, 0.15) is 33.9 Å². The number of methoxy groups -OCH3 is 1. The SMILES string of the molecule is COc1ccc2c(c1)CC/C(=C/c1ccc(C)o1)C2=O. The molecule has 1 aromatic heterocycles. The summed E-state index contributed by atoms with van der Waals surface area (Å²) in [6.45, 7) is 1.90. The predicted molar refractivity (Wildman–Crippen MR) is 77.1 cm³/mol. The van der Waals surface area contributed by atoms with Gasteiger partial charge >= 0.3 is 0 Å². The van der Waals surface area contributed by atoms with E-state index in [1.54, 1.807) is 7.11 Å². The number of fused-ring (bicyclic) bond motifs is 1. The van der Waals surface area contributed by atoms with Crippen molar-refractivity contribution in [2.45, 2.75) is 19.8 Å². The summed E-state index contributed by atoms with van der Waals surface area (Å²) in [7, 11) is 1.64. The molecule has 20 heavy (non-hydrogen) atoms. The van der Waals surface area contributed by atoms with Gasteiger partial charge in [-0.2, -0.15) is 0 Å². The van der Waals surface area contributed by atoms with E-state index >= 15 is 0 Å². The van der Waals surface area contributed by atoms with Crippen molar-refractivity contribution in [1.29, 1.82) is 0 Å². The number of hydrogen-bond acceptors (Lipinski definition) is 3. The fourth-order valence-corrected chi connectivity index (χ4v) is 2.52. The second kappa shape index (κ2) is 5.00. The Bertz CT molecular complexity index is 692. The molecule has 0 saturated carbocycles. The Morgan fingerprint density at radius 2 is 2.05 bits per heavy atom. The van der Waals surface area contributed by atoms with Crippen molar-refractivity contribution < 1.29 is 13.9 Å². The smallest absolute Gasteiger partial charge is 0.189 e. The van der Waals surface area contributed by atoms with E-state index in [-0.39, 0.29) is 5.78 Å². The molecule has 1 aromatic carbocycles. The topological polar surface area (TPSA) is 39.4 Å². The molecule has 0 fully saturated rings. The number of rotatable bonds is 2. The van der Waals surface area contributed by atoms with Crippen molar-refractivity contribution >= 4 is 11.9 Å². The van der Waals surface area contributed by atoms with Crippen LogP contribution in [0.3, 0.4) is 0 Å². The third kappa shape index (κ3) is 2.27. The van der Waals surface area contributed by atoms with Gasteiger partial charge in [-0.1, -0.05) is 0 Å². The van der Waals surface area contributed by atoms with Crippen molar-refractivity contribution in [1.82, 2.24) is 0 Å². The number of benzene rings is 1. The molecule has 3 rings (SSSR count). The number of carbonyl (C=O) groups is 1. The minimum Gasteiger partial charge on any atom is -0.497 e. The Morgan fingerprint density at radius 1 is 1.20 bits per heavy atom. The van der Waals surface area contributed by atoms with E-state index in [1.165, 1.54) is 0 Å². The number of hydrogen-bond donors (Lipinski definition) is 0. The van der Waals surface area contributed by atoms with E-state index in [4.69, 9.17) is 9.15 Å². The highest BCUT2D eigenvalue weighted by Crippen LogP contribution is 2.29. The summed E-state index contributed by atoms with van der Waals surface area (Å²) in [5.74, 6) is 2.47. The molecule has 0 spiro atoms. The van der Waals surface area contributed by atoms with Crippen LogP contribution in [-0.2, 0) is 6.42 Å². The summed E-state index contributed by atoms with van der Waals surface area (Å²) in [6, 6.07) is 9.41. The van der Waals surface area contributed by atoms with Crippen LogP contribution in [0.4, 0.5) is 0 Å². The standard InChI is InChI=1S/C17H16O3/c1-11-3-6-15(20-11)10-13-5-4-12-9-14(19-2)7-8-16(12)17(13)18/h3,6-10H,4-5H2,1-2H3/b13-10-. The molecule has 0 atom stereocenters. The summed E-state index contributed by atoms with van der Waals surface area (Å²) >= 11 is 0. The third-order valence-corrected chi connectivity index (χ3v) is 3.59. The Hall–Kier alpha value is -2.29. The summed E-state index contributed by atoms with van der Waals surface area (Å²) in [6.07, 6.45) is 3.44. The van der Waals surface area contributed by atoms with Crippen molar-refractivity contribution in [2.24, 2.45) is 0 Å². The van der Waals surface area contributed by atoms with Gasteiger partial charge in [0.1, 0.15) is 17.3 Å². The highest BCUT2D eigenvalue weighted by molar-refractivity contribution is 6.13. The fourth-order valence-electron chi connectivity index (χ4n) is 2.52. The van der Waals surface area contributed by atoms with Gasteiger partial charge < -0.3 is 9.15 Å². The molecule has 1 aliphatic rings. The van der Waals surface area contributed by atoms with Crippen LogP contribution in [0.2, 0.25) is 0 Å². The molecule has 1 aliphatic carbocycles. The van der Waals surface area contributed by atoms with Gasteiger partial charge in [-0.15, -0.1) is 0 Å². The van der Waals surface area contributed by atoms with Crippen LogP contribution in [0.15, 0.2) is 40.3 Å². The molecule has 102 valence electrons. The van der Waals surface area contributed by atoms with E-state index in [2.05, 4.69) is 0 Å². The van der Waals surface area contributed by atoms with Crippen LogP contribution in [-0.4, -0.2) is 12.9 Å². The molecule has 3 nitrogen and oxygen atoms in total. The van der Waals surface area contributed by atoms with Gasteiger partial charge in [-0.25, -0.2) is 0 Å². The van der Waals surface area contributed by atoms with Crippen molar-refractivity contribution in [3.8, 4) is 5.75 Å². The minimum absolute atomic E-state index is 0.0861. The number of ketones is 1. The average Bonchev–Trinajstić information content (AvgIpc) is 2.87. The molecule has 0 unspecified atom stereocenters. The Kier molecular flexibility index (Phi) is 3.18. The van der Waals surface area contributed by atoms with Gasteiger partial charge in [0.15, 0.2) is 5.78 Å². The van der Waals surface area contributed by atoms with E-state index < -0.39 is 0 Å². The zero-order valence-corrected chi connectivity index (χ0v) is 11.6. The van der Waals surface area contributed by atoms with Crippen molar-refractivity contribution in [3.05, 3.63) is 58.6 Å². The monoisotopic (exact) mass is 268 g/mol. The zero-order valence-electron chi connectivity index (χ0n) is 11.6. The second-order valence-corrected chi connectivity index (χ2v) is 4.97. The summed E-state index contributed by atoms with van der Waals surface area (Å²) in [5, 5.41) is 0. The van der Waals surface area contributed by atoms with E-state index in [0.29, 0.717) is 0 Å². The molecular weight excluding hydrogens is 252 g/mol. The van der Waals surface area contributed by atoms with Gasteiger partial charge in [0.25, 0.3) is 0 Å². The molecule has 1 heterocycles. The summed E-state index contributed by atoms with van der Waals surface area (Å²) in [4.78, 5) is 12.5. The predicted octanol–water partition coefficient (Wildman–Crippen LogP) is 3.81. The molecule has 0 saturated heterocycles. The lowest BCUT2D eigenvalue weighted by atomic mass is 9.86. The first-order valence-corrected chi connectivity index (χ1v) is 6.66. The van der Waals surface area contributed by atoms with E-state index in [0.717, 1.165) is 46.8 Å². The summed E-state index contributed by atoms with van der Waals surface area (Å²) < 4.78 is 10.7. The normalized spacial score (nSPS) is 16.3. The maximum atomic E-state index is 12.5. The van der Waals surface area contributed by atoms with Crippen molar-refractivity contribution in [2.75, 3.05) is 7.11 Å². The summed E-state index contributed by atoms with van der Waals surface area (Å²) in [5.41, 5.74) is 2.63. The molecular formula is C17H16O3. The Labute approximate surface area is 117 Å². The van der Waals surface area contributed by atoms with Crippen LogP contribution in [0.5, 0.6) is 5.75 Å². The average molecular weight is 268 g/mol. The molecule has 0 radical (unpaired) electrons. The lowest BCUT2D eigenvalue weighted by molar-refractivity contribution is 0.102. The van der Waals surface area contributed by atoms with Crippen LogP contribution < -0.4 is 4.74 Å². The lowest BCUT2D eigenvalue weighted by Crippen LogP contribution is -2.14. The first-order chi connectivity index (χ1) is 9.67. The first-order valence-electron chi connectivity index (χ1n) is 6.66. The van der Waals surface area contributed by atoms with Gasteiger partial charge in [0.05, 0.1) is 7.11 Å². The van der Waals surface area contributed by atoms with Gasteiger partial charge in [0, 0.05) is 11.1 Å². The number of allylic oxidation sites excluding steroid dienone is 1. The van der Waals surface area contributed by atoms with Crippen LogP contribution in [0, 0.1) is 6.92 Å². The Balaban J connectivity index is 1.95. The number of ether oxygens (including phenoxy) is 1. The lowest BCUT2D eigenvalue weighted by Gasteiger charge is -2.17. The quantitative estimate of drug-likeness (QED) is 0.777. The molecule has 0 N–H and O–H groups in total. The first kappa shape index (κ1) is 12.7. The van der Waals surface area contributed by atoms with E-state index in [9.17, 15) is 4.79 Å². The molecule has 3 heteroatoms. The number of Topliss-reactive ketones (excluding diaryl/α,β-unsaturated/α-hetero) is 1. The highest BCUT2D eigenvalue weighted by Gasteiger charge is 2.22. The molecule has 0 amide bonds. The molecule has 2 aromatic rings. The third-order valence-electron chi connectivity index (χ3n) is 3.59. The number of carbonyl (C=O) groups excluding carboxylic acids is 1. The van der Waals surface area contributed by atoms with Gasteiger partial charge in [0.2, 0.25) is 0 Å². The highest BCUT2D eigenvalue weighted by atomic mass is 16.5. The Morgan fingerprint density at radius 3 is 2.75 bits per heavy atom. The van der Waals surface area contributed by atoms with Crippen molar-refractivity contribution in [3.63, 3.8) is 0 Å². The zero-order chi connectivity index (χ0) is 14.1. The maximum Gasteiger partial charge on any atom is 0.189 e. The molecule has 0 bridgehead atoms. The second-order valence-electron chi connectivity index (χ2n) is 4.97. The van der Waals surface area contributed by atoms with Crippen LogP contribution in [0.25, 0.3) is 6.08 Å². The van der Waals surface area contributed by atoms with E-state index in [1.807, 2.05) is 43.3 Å². The number of aryl methyl sites for hydroxylation is 2. The fraction of sp³-hybridized carbons (Fsp3) is 0.235. The van der Waals surface area contributed by atoms with Gasteiger partial charge in [-0.3, -0.25) is 4.79 Å². The largest absolute Gasteiger partial charge is 0.497 e.